The lowest BCUT2D eigenvalue weighted by molar-refractivity contribution is -0.0429. The summed E-state index contributed by atoms with van der Waals surface area (Å²) >= 11 is 0. The van der Waals surface area contributed by atoms with E-state index in [-0.39, 0.29) is 6.42 Å². The molecule has 12 heteroatoms. The zero-order valence-electron chi connectivity index (χ0n) is 12.4. The van der Waals surface area contributed by atoms with Crippen LogP contribution in [0.2, 0.25) is 0 Å². The zero-order chi connectivity index (χ0) is 16.9. The van der Waals surface area contributed by atoms with E-state index in [9.17, 15) is 9.67 Å². The van der Waals surface area contributed by atoms with Gasteiger partial charge in [0.2, 0.25) is 0 Å². The number of phosphoric ester groups is 1. The van der Waals surface area contributed by atoms with Gasteiger partial charge in [-0.15, -0.1) is 0 Å². The molecule has 130 valence electrons. The summed E-state index contributed by atoms with van der Waals surface area (Å²) in [6, 6.07) is 0. The van der Waals surface area contributed by atoms with E-state index in [4.69, 9.17) is 14.5 Å². The van der Waals surface area contributed by atoms with Gasteiger partial charge in [-0.2, -0.15) is 0 Å². The summed E-state index contributed by atoms with van der Waals surface area (Å²) in [5, 5.41) is 13.3. The van der Waals surface area contributed by atoms with Gasteiger partial charge in [-0.3, -0.25) is 9.09 Å². The van der Waals surface area contributed by atoms with Crippen LogP contribution < -0.4 is 5.32 Å². The molecule has 1 saturated heterocycles. The number of anilines is 1. The highest BCUT2D eigenvalue weighted by atomic mass is 31.2. The van der Waals surface area contributed by atoms with Crippen molar-refractivity contribution < 1.29 is 28.7 Å². The van der Waals surface area contributed by atoms with E-state index in [0.29, 0.717) is 12.4 Å². The number of aliphatic hydroxyl groups is 1. The summed E-state index contributed by atoms with van der Waals surface area (Å²) in [5.41, 5.74) is 0.680. The Morgan fingerprint density at radius 1 is 1.46 bits per heavy atom. The van der Waals surface area contributed by atoms with Gasteiger partial charge in [0.05, 0.1) is 25.7 Å². The molecule has 2 aliphatic rings. The van der Waals surface area contributed by atoms with Crippen LogP contribution in [0.4, 0.5) is 5.82 Å². The molecule has 2 aromatic heterocycles. The number of hydrogen-bond acceptors (Lipinski definition) is 7. The first-order chi connectivity index (χ1) is 11.4. The van der Waals surface area contributed by atoms with E-state index in [2.05, 4.69) is 19.8 Å². The van der Waals surface area contributed by atoms with Gasteiger partial charge in [-0.05, 0) is 0 Å². The number of phosphoric acid groups is 1. The molecular weight excluding hydrogens is 341 g/mol. The monoisotopic (exact) mass is 357 g/mol. The molecule has 0 aromatic carbocycles. The highest BCUT2D eigenvalue weighted by Crippen LogP contribution is 2.40. The van der Waals surface area contributed by atoms with Crippen LogP contribution in [0, 0.1) is 0 Å². The molecule has 0 amide bonds. The molecule has 0 aliphatic carbocycles. The predicted molar refractivity (Wildman–Crippen MR) is 79.6 cm³/mol. The van der Waals surface area contributed by atoms with Crippen LogP contribution in [0.1, 0.15) is 12.6 Å². The first kappa shape index (κ1) is 15.8. The first-order valence-corrected chi connectivity index (χ1v) is 8.81. The fraction of sp³-hybridized carbons (Fsp3) is 0.500. The van der Waals surface area contributed by atoms with Crippen LogP contribution in [0.25, 0.3) is 11.5 Å². The first-order valence-electron chi connectivity index (χ1n) is 7.28. The van der Waals surface area contributed by atoms with Crippen LogP contribution in [0.15, 0.2) is 18.7 Å². The molecule has 0 saturated carbocycles. The third kappa shape index (κ3) is 2.75. The Labute approximate surface area is 136 Å². The van der Waals surface area contributed by atoms with Gasteiger partial charge in [0.15, 0.2) is 5.82 Å². The number of aromatic nitrogens is 4. The van der Waals surface area contributed by atoms with Crippen LogP contribution >= 0.6 is 7.82 Å². The number of ether oxygens (including phenoxy) is 1. The Bertz CT molecular complexity index is 800. The highest BCUT2D eigenvalue weighted by Gasteiger charge is 2.38. The fourth-order valence-electron chi connectivity index (χ4n) is 2.94. The average molecular weight is 357 g/mol. The zero-order valence-corrected chi connectivity index (χ0v) is 13.3. The van der Waals surface area contributed by atoms with Gasteiger partial charge in [0.25, 0.3) is 0 Å². The van der Waals surface area contributed by atoms with Gasteiger partial charge < -0.3 is 29.5 Å². The van der Waals surface area contributed by atoms with Gasteiger partial charge in [0, 0.05) is 18.8 Å². The maximum Gasteiger partial charge on any atom is 0.469 e. The highest BCUT2D eigenvalue weighted by molar-refractivity contribution is 7.46. The minimum Gasteiger partial charge on any atom is -0.390 e. The van der Waals surface area contributed by atoms with Crippen molar-refractivity contribution in [2.24, 2.45) is 0 Å². The van der Waals surface area contributed by atoms with Gasteiger partial charge in [0.1, 0.15) is 23.8 Å². The van der Waals surface area contributed by atoms with Crippen molar-refractivity contribution >= 4 is 13.6 Å². The summed E-state index contributed by atoms with van der Waals surface area (Å²) < 4.78 is 24.6. The molecule has 1 fully saturated rings. The molecule has 0 bridgehead atoms. The molecule has 0 spiro atoms. The maximum atomic E-state index is 10.8. The lowest BCUT2D eigenvalue weighted by atomic mass is 10.2. The van der Waals surface area contributed by atoms with Crippen LogP contribution in [-0.4, -0.2) is 52.8 Å². The predicted octanol–water partition coefficient (Wildman–Crippen LogP) is -0.113. The quantitative estimate of drug-likeness (QED) is 0.551. The Hall–Kier alpha value is -1.75. The lowest BCUT2D eigenvalue weighted by Gasteiger charge is -2.21. The number of nitrogens with one attached hydrogen (secondary N) is 1. The second kappa shape index (κ2) is 5.66. The number of imidazole rings is 2. The summed E-state index contributed by atoms with van der Waals surface area (Å²) in [6.45, 7) is 0.144. The minimum absolute atomic E-state index is 0.258. The summed E-state index contributed by atoms with van der Waals surface area (Å²) in [6.07, 6.45) is 3.14. The van der Waals surface area contributed by atoms with Gasteiger partial charge in [-0.25, -0.2) is 14.5 Å². The Morgan fingerprint density at radius 2 is 2.29 bits per heavy atom. The second-order valence-electron chi connectivity index (χ2n) is 5.62. The van der Waals surface area contributed by atoms with Crippen LogP contribution in [0.5, 0.6) is 0 Å². The van der Waals surface area contributed by atoms with Crippen molar-refractivity contribution in [1.82, 2.24) is 19.1 Å². The molecule has 3 atom stereocenters. The van der Waals surface area contributed by atoms with E-state index in [0.717, 1.165) is 11.6 Å². The molecular formula is C12H16N5O6P. The Balaban J connectivity index is 1.53. The standard InChI is InChI=1S/C12H16N5O6P/c18-7-3-9(23-8(7)4-22-24(19,20)21)17-6-14-10-11-13-1-2-16(11)5-15-12(10)17/h1-2,6-9,15,18H,3-5H2,(H2,19,20,21)/t7-,8+,9+/m0/s1. The lowest BCUT2D eigenvalue weighted by Crippen LogP contribution is -2.26. The summed E-state index contributed by atoms with van der Waals surface area (Å²) in [7, 11) is -4.61. The normalized spacial score (nSPS) is 26.0. The van der Waals surface area contributed by atoms with E-state index >= 15 is 0 Å². The third-order valence-corrected chi connectivity index (χ3v) is 4.54. The molecule has 0 unspecified atom stereocenters. The van der Waals surface area contributed by atoms with Crippen molar-refractivity contribution in [3.8, 4) is 11.5 Å². The molecule has 24 heavy (non-hydrogen) atoms. The SMILES string of the molecule is O=P(O)(O)OC[C@H]1O[C@@H](n2cnc3c2NCn2ccnc2-3)C[C@@H]1O. The summed E-state index contributed by atoms with van der Waals surface area (Å²) in [4.78, 5) is 26.1. The molecule has 4 N–H and O–H groups in total. The van der Waals surface area contributed by atoms with Gasteiger partial charge in [-0.1, -0.05) is 0 Å². The number of nitrogens with zero attached hydrogens (tertiary/aromatic N) is 4. The smallest absolute Gasteiger partial charge is 0.390 e. The number of hydrogen-bond donors (Lipinski definition) is 4. The van der Waals surface area contributed by atoms with Crippen molar-refractivity contribution in [3.63, 3.8) is 0 Å². The average Bonchev–Trinajstić information content (AvgIpc) is 3.20. The topological polar surface area (TPSA) is 144 Å². The number of aliphatic hydroxyl groups excluding tert-OH is 1. The molecule has 4 heterocycles. The summed E-state index contributed by atoms with van der Waals surface area (Å²) in [5.74, 6) is 1.46. The number of rotatable bonds is 4. The molecule has 4 rings (SSSR count). The maximum absolute atomic E-state index is 10.8. The van der Waals surface area contributed by atoms with Crippen LogP contribution in [0.3, 0.4) is 0 Å². The number of fused-ring (bicyclic) bond motifs is 3. The molecule has 0 radical (unpaired) electrons. The van der Waals surface area contributed by atoms with E-state index in [1.54, 1.807) is 17.1 Å². The van der Waals surface area contributed by atoms with E-state index < -0.39 is 32.9 Å². The molecule has 2 aliphatic heterocycles. The Kier molecular flexibility index (Phi) is 3.71. The van der Waals surface area contributed by atoms with Crippen molar-refractivity contribution in [2.75, 3.05) is 11.9 Å². The minimum atomic E-state index is -4.61. The van der Waals surface area contributed by atoms with E-state index in [1.807, 2.05) is 10.8 Å². The fourth-order valence-corrected chi connectivity index (χ4v) is 3.28. The van der Waals surface area contributed by atoms with Crippen LogP contribution in [-0.2, 0) is 20.5 Å². The van der Waals surface area contributed by atoms with Crippen molar-refractivity contribution in [3.05, 3.63) is 18.7 Å². The third-order valence-electron chi connectivity index (χ3n) is 4.06. The molecule has 11 nitrogen and oxygen atoms in total. The van der Waals surface area contributed by atoms with Crippen molar-refractivity contribution in [2.45, 2.75) is 31.5 Å². The second-order valence-corrected chi connectivity index (χ2v) is 6.86. The Morgan fingerprint density at radius 3 is 3.08 bits per heavy atom. The van der Waals surface area contributed by atoms with Crippen molar-refractivity contribution in [1.29, 1.82) is 0 Å². The largest absolute Gasteiger partial charge is 0.469 e. The molecule has 2 aromatic rings. The van der Waals surface area contributed by atoms with E-state index in [1.165, 1.54) is 0 Å². The van der Waals surface area contributed by atoms with Gasteiger partial charge >= 0.3 is 7.82 Å².